The molecule has 0 saturated carbocycles. The highest BCUT2D eigenvalue weighted by Gasteiger charge is 2.43. The Morgan fingerprint density at radius 1 is 1.21 bits per heavy atom. The number of aliphatic hydroxyl groups excluding tert-OH is 1. The zero-order valence-corrected chi connectivity index (χ0v) is 19.5. The van der Waals surface area contributed by atoms with Gasteiger partial charge in [-0.2, -0.15) is 0 Å². The molecule has 8 heteroatoms. The van der Waals surface area contributed by atoms with Gasteiger partial charge in [0, 0.05) is 13.1 Å². The summed E-state index contributed by atoms with van der Waals surface area (Å²) >= 11 is 0. The van der Waals surface area contributed by atoms with E-state index in [1.54, 1.807) is 35.2 Å². The highest BCUT2D eigenvalue weighted by molar-refractivity contribution is 6.14. The summed E-state index contributed by atoms with van der Waals surface area (Å²) in [7, 11) is 1.54. The Kier molecular flexibility index (Phi) is 7.37. The van der Waals surface area contributed by atoms with Crippen LogP contribution in [-0.2, 0) is 9.59 Å². The Hall–Kier alpha value is -3.52. The van der Waals surface area contributed by atoms with Gasteiger partial charge in [0.15, 0.2) is 23.0 Å². The van der Waals surface area contributed by atoms with Crippen LogP contribution in [-0.4, -0.2) is 66.5 Å². The Morgan fingerprint density at radius 3 is 2.68 bits per heavy atom. The number of furan rings is 1. The van der Waals surface area contributed by atoms with E-state index >= 15 is 0 Å². The van der Waals surface area contributed by atoms with Gasteiger partial charge in [0.2, 0.25) is 0 Å². The smallest absolute Gasteiger partial charge is 0.290 e. The first kappa shape index (κ1) is 23.6. The molecule has 0 spiro atoms. The molecule has 34 heavy (non-hydrogen) atoms. The van der Waals surface area contributed by atoms with Gasteiger partial charge in [-0.1, -0.05) is 6.07 Å². The van der Waals surface area contributed by atoms with Gasteiger partial charge >= 0.3 is 0 Å². The third-order valence-corrected chi connectivity index (χ3v) is 6.17. The molecule has 2 aliphatic heterocycles. The highest BCUT2D eigenvalue weighted by Crippen LogP contribution is 2.41. The molecule has 8 nitrogen and oxygen atoms in total. The zero-order chi connectivity index (χ0) is 24.1. The molecule has 1 atom stereocenters. The van der Waals surface area contributed by atoms with Crippen molar-refractivity contribution < 1.29 is 28.6 Å². The normalized spacial score (nSPS) is 18.9. The van der Waals surface area contributed by atoms with Crippen molar-refractivity contribution in [2.24, 2.45) is 0 Å². The summed E-state index contributed by atoms with van der Waals surface area (Å²) in [6.07, 6.45) is 6.63. The molecule has 0 aliphatic carbocycles. The topological polar surface area (TPSA) is 92.5 Å². The van der Waals surface area contributed by atoms with E-state index in [2.05, 4.69) is 4.90 Å². The van der Waals surface area contributed by atoms with Crippen LogP contribution in [0.3, 0.4) is 0 Å². The number of amides is 1. The largest absolute Gasteiger partial charge is 0.503 e. The maximum atomic E-state index is 13.2. The van der Waals surface area contributed by atoms with Crippen LogP contribution in [0.25, 0.3) is 6.08 Å². The molecule has 1 saturated heterocycles. The molecule has 180 valence electrons. The summed E-state index contributed by atoms with van der Waals surface area (Å²) in [4.78, 5) is 30.2. The van der Waals surface area contributed by atoms with Crippen molar-refractivity contribution in [3.8, 4) is 11.5 Å². The number of hydrogen-bond acceptors (Lipinski definition) is 7. The van der Waals surface area contributed by atoms with Crippen LogP contribution in [0.2, 0.25) is 0 Å². The van der Waals surface area contributed by atoms with Crippen molar-refractivity contribution in [1.29, 1.82) is 0 Å². The molecule has 0 radical (unpaired) electrons. The number of hydrogen-bond donors (Lipinski definition) is 1. The maximum absolute atomic E-state index is 13.2. The molecule has 1 fully saturated rings. The lowest BCUT2D eigenvalue weighted by Gasteiger charge is -2.29. The van der Waals surface area contributed by atoms with Gasteiger partial charge in [0.1, 0.15) is 5.76 Å². The van der Waals surface area contributed by atoms with E-state index in [1.165, 1.54) is 25.5 Å². The molecule has 1 amide bonds. The van der Waals surface area contributed by atoms with Gasteiger partial charge in [0.25, 0.3) is 5.91 Å². The van der Waals surface area contributed by atoms with E-state index in [0.717, 1.165) is 25.9 Å². The van der Waals surface area contributed by atoms with E-state index in [1.807, 2.05) is 6.92 Å². The van der Waals surface area contributed by atoms with E-state index < -0.39 is 23.5 Å². The van der Waals surface area contributed by atoms with E-state index in [4.69, 9.17) is 13.9 Å². The summed E-state index contributed by atoms with van der Waals surface area (Å²) in [5.41, 5.74) is 0.703. The number of carbonyl (C=O) groups is 2. The number of benzene rings is 1. The number of nitrogens with zero attached hydrogens (tertiary/aromatic N) is 2. The third kappa shape index (κ3) is 4.87. The Labute approximate surface area is 199 Å². The van der Waals surface area contributed by atoms with E-state index in [-0.39, 0.29) is 5.57 Å². The van der Waals surface area contributed by atoms with Gasteiger partial charge in [-0.3, -0.25) is 9.59 Å². The molecule has 4 rings (SSSR count). The van der Waals surface area contributed by atoms with Crippen molar-refractivity contribution in [2.75, 3.05) is 39.9 Å². The molecule has 1 aromatic heterocycles. The minimum absolute atomic E-state index is 0.0421. The van der Waals surface area contributed by atoms with Crippen LogP contribution in [0.4, 0.5) is 0 Å². The SMILES string of the molecule is CCOc1ccc(C2C(C(=O)/C=C/c3ccco3)=C(O)C(=O)N2CCN2CCCC2)cc1OC. The highest BCUT2D eigenvalue weighted by atomic mass is 16.5. The Morgan fingerprint density at radius 2 is 2.00 bits per heavy atom. The van der Waals surface area contributed by atoms with E-state index in [9.17, 15) is 14.7 Å². The summed E-state index contributed by atoms with van der Waals surface area (Å²) in [5, 5.41) is 10.8. The second-order valence-corrected chi connectivity index (χ2v) is 8.27. The zero-order valence-electron chi connectivity index (χ0n) is 19.5. The monoisotopic (exact) mass is 466 g/mol. The average molecular weight is 467 g/mol. The Bertz CT molecular complexity index is 1080. The van der Waals surface area contributed by atoms with Crippen LogP contribution in [0.1, 0.15) is 37.1 Å². The maximum Gasteiger partial charge on any atom is 0.290 e. The number of methoxy groups -OCH3 is 1. The molecule has 2 aliphatic rings. The average Bonchev–Trinajstić information content (AvgIpc) is 3.60. The van der Waals surface area contributed by atoms with Gasteiger partial charge in [-0.15, -0.1) is 0 Å². The van der Waals surface area contributed by atoms with Crippen LogP contribution >= 0.6 is 0 Å². The summed E-state index contributed by atoms with van der Waals surface area (Å²) in [5.74, 6) is 0.0444. The number of ketones is 1. The lowest BCUT2D eigenvalue weighted by atomic mass is 9.95. The number of allylic oxidation sites excluding steroid dienone is 1. The lowest BCUT2D eigenvalue weighted by molar-refractivity contribution is -0.129. The third-order valence-electron chi connectivity index (χ3n) is 6.17. The summed E-state index contributed by atoms with van der Waals surface area (Å²) in [6, 6.07) is 8.01. The lowest BCUT2D eigenvalue weighted by Crippen LogP contribution is -2.37. The number of aliphatic hydroxyl groups is 1. The van der Waals surface area contributed by atoms with Crippen LogP contribution in [0.5, 0.6) is 11.5 Å². The summed E-state index contributed by atoms with van der Waals surface area (Å²) in [6.45, 7) is 5.39. The number of ether oxygens (including phenoxy) is 2. The van der Waals surface area contributed by atoms with Crippen molar-refractivity contribution in [3.05, 3.63) is 65.3 Å². The predicted molar refractivity (Wildman–Crippen MR) is 127 cm³/mol. The first-order valence-corrected chi connectivity index (χ1v) is 11.6. The van der Waals surface area contributed by atoms with Gasteiger partial charge < -0.3 is 28.8 Å². The standard InChI is InChI=1S/C26H30N2O6/c1-3-33-21-11-8-18(17-22(21)32-2)24-23(20(29)10-9-19-7-6-16-34-19)25(30)26(31)28(24)15-14-27-12-4-5-13-27/h6-11,16-17,24,30H,3-5,12-15H2,1-2H3/b10-9+. The minimum atomic E-state index is -0.742. The summed E-state index contributed by atoms with van der Waals surface area (Å²) < 4.78 is 16.4. The second kappa shape index (κ2) is 10.6. The van der Waals surface area contributed by atoms with Crippen molar-refractivity contribution in [2.45, 2.75) is 25.8 Å². The van der Waals surface area contributed by atoms with Crippen LogP contribution in [0.15, 0.2) is 58.4 Å². The van der Waals surface area contributed by atoms with Gasteiger partial charge in [-0.05, 0) is 74.8 Å². The van der Waals surface area contributed by atoms with E-state index in [0.29, 0.717) is 42.5 Å². The van der Waals surface area contributed by atoms with Gasteiger partial charge in [0.05, 0.1) is 31.6 Å². The molecule has 3 heterocycles. The molecule has 0 bridgehead atoms. The number of carbonyl (C=O) groups excluding carboxylic acids is 2. The molecule has 1 aromatic carbocycles. The molecular weight excluding hydrogens is 436 g/mol. The van der Waals surface area contributed by atoms with Crippen molar-refractivity contribution in [3.63, 3.8) is 0 Å². The van der Waals surface area contributed by atoms with Gasteiger partial charge in [-0.25, -0.2) is 0 Å². The first-order chi connectivity index (χ1) is 16.5. The fourth-order valence-corrected chi connectivity index (χ4v) is 4.50. The minimum Gasteiger partial charge on any atom is -0.503 e. The van der Waals surface area contributed by atoms with Crippen molar-refractivity contribution >= 4 is 17.8 Å². The Balaban J connectivity index is 1.68. The fraction of sp³-hybridized carbons (Fsp3) is 0.385. The first-order valence-electron chi connectivity index (χ1n) is 11.6. The predicted octanol–water partition coefficient (Wildman–Crippen LogP) is 3.76. The molecule has 2 aromatic rings. The van der Waals surface area contributed by atoms with Crippen LogP contribution < -0.4 is 9.47 Å². The molecule has 1 N–H and O–H groups in total. The molecular formula is C26H30N2O6. The number of rotatable bonds is 10. The fourth-order valence-electron chi connectivity index (χ4n) is 4.50. The van der Waals surface area contributed by atoms with Crippen LogP contribution in [0, 0.1) is 0 Å². The second-order valence-electron chi connectivity index (χ2n) is 8.27. The number of likely N-dealkylation sites (tertiary alicyclic amines) is 1. The van der Waals surface area contributed by atoms with Crippen molar-refractivity contribution in [1.82, 2.24) is 9.80 Å². The quantitative estimate of drug-likeness (QED) is 0.533. The molecule has 1 unspecified atom stereocenters.